The first-order valence-corrected chi connectivity index (χ1v) is 7.26. The van der Waals surface area contributed by atoms with Crippen LogP contribution < -0.4 is 0 Å². The highest BCUT2D eigenvalue weighted by atomic mass is 19.1. The van der Waals surface area contributed by atoms with Gasteiger partial charge < -0.3 is 4.74 Å². The molecule has 118 valence electrons. The Morgan fingerprint density at radius 1 is 1.27 bits per heavy atom. The van der Waals surface area contributed by atoms with Crippen molar-refractivity contribution >= 4 is 0 Å². The van der Waals surface area contributed by atoms with Gasteiger partial charge in [0.2, 0.25) is 0 Å². The van der Waals surface area contributed by atoms with Crippen LogP contribution >= 0.6 is 0 Å². The zero-order chi connectivity index (χ0) is 15.9. The number of halogens is 2. The lowest BCUT2D eigenvalue weighted by Gasteiger charge is -2.29. The molecule has 2 rings (SSSR count). The minimum atomic E-state index is -0.580. The van der Waals surface area contributed by atoms with Crippen LogP contribution in [-0.4, -0.2) is 36.7 Å². The molecule has 0 saturated carbocycles. The molecule has 0 aliphatic heterocycles. The Hall–Kier alpha value is -1.85. The normalized spacial score (nSPS) is 12.6. The maximum atomic E-state index is 14.2. The molecule has 0 aliphatic rings. The summed E-state index contributed by atoms with van der Waals surface area (Å²) in [6.07, 6.45) is 3.37. The van der Waals surface area contributed by atoms with Gasteiger partial charge in [-0.2, -0.15) is 0 Å². The van der Waals surface area contributed by atoms with Crippen molar-refractivity contribution in [1.29, 1.82) is 0 Å². The minimum absolute atomic E-state index is 0.338. The van der Waals surface area contributed by atoms with E-state index in [2.05, 4.69) is 4.98 Å². The van der Waals surface area contributed by atoms with Gasteiger partial charge in [-0.1, -0.05) is 12.1 Å². The highest BCUT2D eigenvalue weighted by Gasteiger charge is 2.22. The van der Waals surface area contributed by atoms with E-state index in [4.69, 9.17) is 4.74 Å². The van der Waals surface area contributed by atoms with E-state index in [1.54, 1.807) is 18.5 Å². The van der Waals surface area contributed by atoms with Gasteiger partial charge in [0.1, 0.15) is 11.6 Å². The summed E-state index contributed by atoms with van der Waals surface area (Å²) in [4.78, 5) is 6.08. The highest BCUT2D eigenvalue weighted by molar-refractivity contribution is 5.31. The van der Waals surface area contributed by atoms with Gasteiger partial charge in [-0.15, -0.1) is 0 Å². The molecule has 0 amide bonds. The quantitative estimate of drug-likeness (QED) is 0.733. The Morgan fingerprint density at radius 3 is 2.73 bits per heavy atom. The molecule has 1 atom stereocenters. The highest BCUT2D eigenvalue weighted by Crippen LogP contribution is 2.29. The van der Waals surface area contributed by atoms with Gasteiger partial charge in [0.25, 0.3) is 0 Å². The molecule has 0 fully saturated rings. The number of rotatable bonds is 7. The predicted molar refractivity (Wildman–Crippen MR) is 81.6 cm³/mol. The van der Waals surface area contributed by atoms with E-state index < -0.39 is 11.6 Å². The lowest BCUT2D eigenvalue weighted by atomic mass is 9.98. The lowest BCUT2D eigenvalue weighted by Crippen LogP contribution is -2.29. The summed E-state index contributed by atoms with van der Waals surface area (Å²) in [5.41, 5.74) is 1.28. The Kier molecular flexibility index (Phi) is 5.98. The van der Waals surface area contributed by atoms with Crippen LogP contribution in [-0.2, 0) is 4.74 Å². The molecule has 1 aromatic carbocycles. The van der Waals surface area contributed by atoms with Crippen molar-refractivity contribution in [2.75, 3.05) is 26.8 Å². The SMILES string of the molecule is CCOCCN(C)[C@@H](c1cccnc1)c1ccc(F)cc1F. The lowest BCUT2D eigenvalue weighted by molar-refractivity contribution is 0.113. The zero-order valence-electron chi connectivity index (χ0n) is 12.8. The van der Waals surface area contributed by atoms with Crippen molar-refractivity contribution in [2.45, 2.75) is 13.0 Å². The summed E-state index contributed by atoms with van der Waals surface area (Å²) in [5, 5.41) is 0. The van der Waals surface area contributed by atoms with Gasteiger partial charge >= 0.3 is 0 Å². The number of nitrogens with zero attached hydrogens (tertiary/aromatic N) is 2. The Bertz CT molecular complexity index is 592. The average Bonchev–Trinajstić information content (AvgIpc) is 2.51. The maximum absolute atomic E-state index is 14.2. The van der Waals surface area contributed by atoms with Crippen LogP contribution in [0.4, 0.5) is 8.78 Å². The Balaban J connectivity index is 2.33. The van der Waals surface area contributed by atoms with Crippen LogP contribution in [0.5, 0.6) is 0 Å². The minimum Gasteiger partial charge on any atom is -0.380 e. The third-order valence-corrected chi connectivity index (χ3v) is 3.49. The van der Waals surface area contributed by atoms with Gasteiger partial charge in [0.15, 0.2) is 0 Å². The van der Waals surface area contributed by atoms with E-state index in [-0.39, 0.29) is 6.04 Å². The number of ether oxygens (including phenoxy) is 1. The van der Waals surface area contributed by atoms with Crippen molar-refractivity contribution in [1.82, 2.24) is 9.88 Å². The molecular weight excluding hydrogens is 286 g/mol. The van der Waals surface area contributed by atoms with E-state index >= 15 is 0 Å². The summed E-state index contributed by atoms with van der Waals surface area (Å²) >= 11 is 0. The van der Waals surface area contributed by atoms with Crippen LogP contribution in [0.3, 0.4) is 0 Å². The first-order chi connectivity index (χ1) is 10.6. The molecule has 0 N–H and O–H groups in total. The van der Waals surface area contributed by atoms with E-state index in [9.17, 15) is 8.78 Å². The van der Waals surface area contributed by atoms with Crippen LogP contribution in [0.2, 0.25) is 0 Å². The van der Waals surface area contributed by atoms with Crippen LogP contribution in [0.1, 0.15) is 24.1 Å². The van der Waals surface area contributed by atoms with Crippen LogP contribution in [0, 0.1) is 11.6 Å². The molecule has 1 heterocycles. The fraction of sp³-hybridized carbons (Fsp3) is 0.353. The maximum Gasteiger partial charge on any atom is 0.131 e. The Morgan fingerprint density at radius 2 is 2.09 bits per heavy atom. The zero-order valence-corrected chi connectivity index (χ0v) is 12.8. The fourth-order valence-electron chi connectivity index (χ4n) is 2.41. The second-order valence-corrected chi connectivity index (χ2v) is 5.03. The third kappa shape index (κ3) is 4.08. The van der Waals surface area contributed by atoms with Crippen LogP contribution in [0.15, 0.2) is 42.7 Å². The summed E-state index contributed by atoms with van der Waals surface area (Å²) in [5.74, 6) is -1.14. The molecular formula is C17H20F2N2O. The molecule has 0 bridgehead atoms. The van der Waals surface area contributed by atoms with Gasteiger partial charge in [-0.25, -0.2) is 8.78 Å². The molecule has 0 saturated heterocycles. The molecule has 0 radical (unpaired) electrons. The summed E-state index contributed by atoms with van der Waals surface area (Å²) in [6.45, 7) is 3.74. The first kappa shape index (κ1) is 16.5. The van der Waals surface area contributed by atoms with Crippen molar-refractivity contribution in [3.63, 3.8) is 0 Å². The number of hydrogen-bond donors (Lipinski definition) is 0. The number of likely N-dealkylation sites (N-methyl/N-ethyl adjacent to an activating group) is 1. The molecule has 0 aliphatic carbocycles. The molecule has 22 heavy (non-hydrogen) atoms. The number of hydrogen-bond acceptors (Lipinski definition) is 3. The van der Waals surface area contributed by atoms with E-state index in [1.807, 2.05) is 24.9 Å². The standard InChI is InChI=1S/C17H20F2N2O/c1-3-22-10-9-21(2)17(13-5-4-8-20-12-13)15-7-6-14(18)11-16(15)19/h4-8,11-12,17H,3,9-10H2,1-2H3/t17-/m0/s1. The first-order valence-electron chi connectivity index (χ1n) is 7.26. The molecule has 1 aromatic heterocycles. The van der Waals surface area contributed by atoms with E-state index in [0.29, 0.717) is 25.3 Å². The topological polar surface area (TPSA) is 25.4 Å². The second kappa shape index (κ2) is 7.96. The van der Waals surface area contributed by atoms with Crippen molar-refractivity contribution < 1.29 is 13.5 Å². The summed E-state index contributed by atoms with van der Waals surface area (Å²) in [6, 6.07) is 7.03. The van der Waals surface area contributed by atoms with Crippen LogP contribution in [0.25, 0.3) is 0 Å². The smallest absolute Gasteiger partial charge is 0.131 e. The summed E-state index contributed by atoms with van der Waals surface area (Å²) < 4.78 is 32.8. The third-order valence-electron chi connectivity index (χ3n) is 3.49. The van der Waals surface area contributed by atoms with Gasteiger partial charge in [-0.3, -0.25) is 9.88 Å². The van der Waals surface area contributed by atoms with E-state index in [0.717, 1.165) is 11.6 Å². The largest absolute Gasteiger partial charge is 0.380 e. The molecule has 0 unspecified atom stereocenters. The number of benzene rings is 1. The monoisotopic (exact) mass is 306 g/mol. The fourth-order valence-corrected chi connectivity index (χ4v) is 2.41. The van der Waals surface area contributed by atoms with Gasteiger partial charge in [-0.05, 0) is 31.7 Å². The number of aromatic nitrogens is 1. The molecule has 2 aromatic rings. The second-order valence-electron chi connectivity index (χ2n) is 5.03. The number of pyridine rings is 1. The predicted octanol–water partition coefficient (Wildman–Crippen LogP) is 3.42. The molecule has 5 heteroatoms. The van der Waals surface area contributed by atoms with Crippen molar-refractivity contribution in [2.24, 2.45) is 0 Å². The molecule has 0 spiro atoms. The summed E-state index contributed by atoms with van der Waals surface area (Å²) in [7, 11) is 1.89. The van der Waals surface area contributed by atoms with E-state index in [1.165, 1.54) is 12.1 Å². The Labute approximate surface area is 129 Å². The van der Waals surface area contributed by atoms with Gasteiger partial charge in [0, 0.05) is 37.2 Å². The van der Waals surface area contributed by atoms with Crippen molar-refractivity contribution in [3.8, 4) is 0 Å². The molecule has 3 nitrogen and oxygen atoms in total. The van der Waals surface area contributed by atoms with Crippen molar-refractivity contribution in [3.05, 3.63) is 65.5 Å². The average molecular weight is 306 g/mol. The van der Waals surface area contributed by atoms with Gasteiger partial charge in [0.05, 0.1) is 12.6 Å².